The van der Waals surface area contributed by atoms with Crippen molar-refractivity contribution in [3.05, 3.63) is 0 Å². The van der Waals surface area contributed by atoms with Gasteiger partial charge in [0.1, 0.15) is 0 Å². The molecule has 0 aromatic rings. The number of hydrogen-bond donors (Lipinski definition) is 2. The minimum Gasteiger partial charge on any atom is -0.370 e. The van der Waals surface area contributed by atoms with Crippen molar-refractivity contribution in [3.8, 4) is 0 Å². The Morgan fingerprint density at radius 3 is 2.71 bits per heavy atom. The third kappa shape index (κ3) is 3.57. The van der Waals surface area contributed by atoms with Crippen LogP contribution in [0.2, 0.25) is 0 Å². The zero-order valence-corrected chi connectivity index (χ0v) is 10.9. The number of piperazine rings is 3. The van der Waals surface area contributed by atoms with Gasteiger partial charge < -0.3 is 11.1 Å². The molecule has 1 unspecified atom stereocenters. The average Bonchev–Trinajstić information content (AvgIpc) is 2.38. The Kier molecular flexibility index (Phi) is 4.62. The Balaban J connectivity index is 1.71. The molecule has 2 bridgehead atoms. The number of aliphatic imine (C=N–C) groups is 1. The fraction of sp³-hybridized carbons (Fsp3) is 0.917. The summed E-state index contributed by atoms with van der Waals surface area (Å²) in [7, 11) is 0. The van der Waals surface area contributed by atoms with E-state index in [0.717, 1.165) is 26.1 Å². The number of hydrogen-bond acceptors (Lipinski definition) is 3. The molecule has 0 saturated carbocycles. The molecule has 0 amide bonds. The Hall–Kier alpha value is -0.810. The lowest BCUT2D eigenvalue weighted by Gasteiger charge is -2.47. The Morgan fingerprint density at radius 1 is 1.35 bits per heavy atom. The molecule has 5 heteroatoms. The van der Waals surface area contributed by atoms with E-state index in [-0.39, 0.29) is 0 Å². The van der Waals surface area contributed by atoms with Gasteiger partial charge in [-0.2, -0.15) is 0 Å². The molecule has 3 heterocycles. The number of guanidine groups is 1. The van der Waals surface area contributed by atoms with Crippen LogP contribution in [0.5, 0.6) is 0 Å². The third-order valence-corrected chi connectivity index (χ3v) is 3.70. The molecule has 17 heavy (non-hydrogen) atoms. The van der Waals surface area contributed by atoms with Gasteiger partial charge in [0, 0.05) is 45.3 Å². The number of fused-ring (bicyclic) bond motifs is 3. The van der Waals surface area contributed by atoms with E-state index in [1.54, 1.807) is 0 Å². The number of unbranched alkanes of at least 4 members (excludes halogenated alkanes) is 1. The Labute approximate surface area is 104 Å². The molecule has 0 radical (unpaired) electrons. The van der Waals surface area contributed by atoms with Crippen LogP contribution in [-0.2, 0) is 0 Å². The van der Waals surface area contributed by atoms with Crippen LogP contribution in [0.4, 0.5) is 0 Å². The van der Waals surface area contributed by atoms with Gasteiger partial charge in [0.2, 0.25) is 0 Å². The van der Waals surface area contributed by atoms with Crippen LogP contribution >= 0.6 is 0 Å². The van der Waals surface area contributed by atoms with Gasteiger partial charge in [0.25, 0.3) is 0 Å². The number of nitrogens with two attached hydrogens (primary N) is 1. The SMILES string of the molecule is CCCCNC(N)=NCC1CN2CCN1CC2. The molecule has 98 valence electrons. The highest BCUT2D eigenvalue weighted by molar-refractivity contribution is 5.77. The highest BCUT2D eigenvalue weighted by Gasteiger charge is 2.31. The standard InChI is InChI=1S/C12H25N5/c1-2-3-4-14-12(13)15-9-11-10-16-5-7-17(11)8-6-16/h11H,2-10H2,1H3,(H3,13,14,15). The summed E-state index contributed by atoms with van der Waals surface area (Å²) in [6, 6.07) is 0.573. The molecule has 0 spiro atoms. The summed E-state index contributed by atoms with van der Waals surface area (Å²) in [6.07, 6.45) is 2.34. The summed E-state index contributed by atoms with van der Waals surface area (Å²) in [5.74, 6) is 0.607. The second kappa shape index (κ2) is 6.21. The lowest BCUT2D eigenvalue weighted by Crippen LogP contribution is -2.61. The first-order chi connectivity index (χ1) is 8.29. The van der Waals surface area contributed by atoms with Crippen LogP contribution in [0.3, 0.4) is 0 Å². The molecule has 3 aliphatic rings. The Morgan fingerprint density at radius 2 is 2.12 bits per heavy atom. The zero-order chi connectivity index (χ0) is 12.1. The van der Waals surface area contributed by atoms with E-state index in [1.807, 2.05) is 0 Å². The predicted octanol–water partition coefficient (Wildman–Crippen LogP) is -0.309. The highest BCUT2D eigenvalue weighted by Crippen LogP contribution is 2.15. The first-order valence-corrected chi connectivity index (χ1v) is 6.80. The van der Waals surface area contributed by atoms with Crippen molar-refractivity contribution in [2.75, 3.05) is 45.8 Å². The predicted molar refractivity (Wildman–Crippen MR) is 71.2 cm³/mol. The van der Waals surface area contributed by atoms with Crippen molar-refractivity contribution >= 4 is 5.96 Å². The first kappa shape index (κ1) is 12.6. The molecular formula is C12H25N5. The maximum absolute atomic E-state index is 5.84. The summed E-state index contributed by atoms with van der Waals surface area (Å²) in [6.45, 7) is 9.96. The van der Waals surface area contributed by atoms with E-state index >= 15 is 0 Å². The van der Waals surface area contributed by atoms with Crippen molar-refractivity contribution in [1.82, 2.24) is 15.1 Å². The third-order valence-electron chi connectivity index (χ3n) is 3.70. The van der Waals surface area contributed by atoms with Gasteiger partial charge in [-0.05, 0) is 6.42 Å². The number of nitrogens with one attached hydrogen (secondary N) is 1. The molecule has 3 rings (SSSR count). The van der Waals surface area contributed by atoms with Crippen molar-refractivity contribution < 1.29 is 0 Å². The molecule has 0 aromatic heterocycles. The summed E-state index contributed by atoms with van der Waals surface area (Å²) in [4.78, 5) is 9.53. The van der Waals surface area contributed by atoms with Crippen molar-refractivity contribution in [2.24, 2.45) is 10.7 Å². The normalized spacial score (nSPS) is 32.8. The minimum atomic E-state index is 0.573. The highest BCUT2D eigenvalue weighted by atomic mass is 15.3. The molecular weight excluding hydrogens is 214 g/mol. The van der Waals surface area contributed by atoms with Crippen LogP contribution in [-0.4, -0.2) is 67.6 Å². The first-order valence-electron chi connectivity index (χ1n) is 6.80. The van der Waals surface area contributed by atoms with Gasteiger partial charge >= 0.3 is 0 Å². The van der Waals surface area contributed by atoms with Gasteiger partial charge in [0.05, 0.1) is 6.54 Å². The van der Waals surface area contributed by atoms with E-state index in [2.05, 4.69) is 27.0 Å². The average molecular weight is 239 g/mol. The van der Waals surface area contributed by atoms with Crippen LogP contribution in [0.25, 0.3) is 0 Å². The molecule has 1 atom stereocenters. The van der Waals surface area contributed by atoms with Gasteiger partial charge in [-0.25, -0.2) is 0 Å². The van der Waals surface area contributed by atoms with Crippen LogP contribution in [0.1, 0.15) is 19.8 Å². The lowest BCUT2D eigenvalue weighted by atomic mass is 10.1. The van der Waals surface area contributed by atoms with E-state index in [1.165, 1.54) is 32.6 Å². The van der Waals surface area contributed by atoms with Gasteiger partial charge in [-0.1, -0.05) is 13.3 Å². The smallest absolute Gasteiger partial charge is 0.188 e. The Bertz CT molecular complexity index is 258. The number of rotatable bonds is 5. The molecule has 3 N–H and O–H groups in total. The number of nitrogens with zero attached hydrogens (tertiary/aromatic N) is 3. The van der Waals surface area contributed by atoms with Crippen molar-refractivity contribution in [3.63, 3.8) is 0 Å². The largest absolute Gasteiger partial charge is 0.370 e. The second-order valence-electron chi connectivity index (χ2n) is 5.00. The zero-order valence-electron chi connectivity index (χ0n) is 10.9. The summed E-state index contributed by atoms with van der Waals surface area (Å²) < 4.78 is 0. The molecule has 5 nitrogen and oxygen atoms in total. The fourth-order valence-electron chi connectivity index (χ4n) is 2.55. The quantitative estimate of drug-likeness (QED) is 0.393. The van der Waals surface area contributed by atoms with Gasteiger partial charge in [-0.3, -0.25) is 14.8 Å². The topological polar surface area (TPSA) is 56.9 Å². The molecule has 3 fully saturated rings. The van der Waals surface area contributed by atoms with Crippen LogP contribution in [0, 0.1) is 0 Å². The van der Waals surface area contributed by atoms with E-state index in [9.17, 15) is 0 Å². The van der Waals surface area contributed by atoms with Crippen LogP contribution < -0.4 is 11.1 Å². The minimum absolute atomic E-state index is 0.573. The molecule has 3 saturated heterocycles. The lowest BCUT2D eigenvalue weighted by molar-refractivity contribution is 0.0174. The van der Waals surface area contributed by atoms with Gasteiger partial charge in [-0.15, -0.1) is 0 Å². The molecule has 0 aromatic carbocycles. The van der Waals surface area contributed by atoms with E-state index < -0.39 is 0 Å². The van der Waals surface area contributed by atoms with E-state index in [0.29, 0.717) is 12.0 Å². The maximum Gasteiger partial charge on any atom is 0.188 e. The summed E-state index contributed by atoms with van der Waals surface area (Å²) in [5.41, 5.74) is 5.84. The van der Waals surface area contributed by atoms with Crippen molar-refractivity contribution in [2.45, 2.75) is 25.8 Å². The molecule has 3 aliphatic heterocycles. The van der Waals surface area contributed by atoms with E-state index in [4.69, 9.17) is 5.73 Å². The van der Waals surface area contributed by atoms with Crippen LogP contribution in [0.15, 0.2) is 4.99 Å². The maximum atomic E-state index is 5.84. The summed E-state index contributed by atoms with van der Waals surface area (Å²) >= 11 is 0. The summed E-state index contributed by atoms with van der Waals surface area (Å²) in [5, 5.41) is 3.16. The molecule has 0 aliphatic carbocycles. The monoisotopic (exact) mass is 239 g/mol. The van der Waals surface area contributed by atoms with Crippen molar-refractivity contribution in [1.29, 1.82) is 0 Å². The fourth-order valence-corrected chi connectivity index (χ4v) is 2.55. The second-order valence-corrected chi connectivity index (χ2v) is 5.00. The van der Waals surface area contributed by atoms with Gasteiger partial charge in [0.15, 0.2) is 5.96 Å².